The van der Waals surface area contributed by atoms with E-state index >= 15 is 0 Å². The van der Waals surface area contributed by atoms with Crippen LogP contribution in [0.3, 0.4) is 0 Å². The minimum Gasteiger partial charge on any atom is -0.399 e. The molecule has 0 aromatic heterocycles. The average Bonchev–Trinajstić information content (AvgIpc) is 2.28. The van der Waals surface area contributed by atoms with Gasteiger partial charge in [0.25, 0.3) is 0 Å². The zero-order valence-electron chi connectivity index (χ0n) is 10.5. The molecular formula is C13H19N3OS. The number of nitrogen functional groups attached to an aromatic ring is 1. The first-order valence-electron chi connectivity index (χ1n) is 6.09. The molecule has 5 heteroatoms. The van der Waals surface area contributed by atoms with Crippen LogP contribution in [-0.2, 0) is 0 Å². The van der Waals surface area contributed by atoms with Crippen molar-refractivity contribution in [1.82, 2.24) is 5.32 Å². The van der Waals surface area contributed by atoms with Gasteiger partial charge in [-0.1, -0.05) is 12.5 Å². The maximum Gasteiger partial charge on any atom is 0.319 e. The van der Waals surface area contributed by atoms with Gasteiger partial charge in [0.15, 0.2) is 0 Å². The molecule has 1 aromatic rings. The minimum absolute atomic E-state index is 0.166. The Morgan fingerprint density at radius 3 is 2.83 bits per heavy atom. The number of anilines is 2. The second-order valence-corrected chi connectivity index (χ2v) is 5.95. The van der Waals surface area contributed by atoms with E-state index in [4.69, 9.17) is 5.73 Å². The number of hydrogen-bond acceptors (Lipinski definition) is 3. The Hall–Kier alpha value is -1.36. The van der Waals surface area contributed by atoms with Gasteiger partial charge in [-0.2, -0.15) is 11.8 Å². The molecule has 0 radical (unpaired) electrons. The second-order valence-electron chi connectivity index (χ2n) is 4.67. The molecule has 1 saturated carbocycles. The number of nitrogens with one attached hydrogen (secondary N) is 2. The van der Waals surface area contributed by atoms with Gasteiger partial charge < -0.3 is 16.4 Å². The largest absolute Gasteiger partial charge is 0.399 e. The fourth-order valence-corrected chi connectivity index (χ4v) is 2.97. The molecule has 2 amide bonds. The molecule has 0 atom stereocenters. The fourth-order valence-electron chi connectivity index (χ4n) is 2.06. The Kier molecular flexibility index (Phi) is 4.01. The summed E-state index contributed by atoms with van der Waals surface area (Å²) in [6, 6.07) is 7.01. The number of hydrogen-bond donors (Lipinski definition) is 3. The third-order valence-electron chi connectivity index (χ3n) is 3.41. The summed E-state index contributed by atoms with van der Waals surface area (Å²) in [6.45, 7) is 0.725. The summed E-state index contributed by atoms with van der Waals surface area (Å²) in [6.07, 6.45) is 5.75. The molecule has 1 aliphatic rings. The Bertz CT molecular complexity index is 426. The van der Waals surface area contributed by atoms with Gasteiger partial charge >= 0.3 is 6.03 Å². The zero-order valence-corrected chi connectivity index (χ0v) is 11.3. The molecule has 0 aliphatic heterocycles. The predicted molar refractivity (Wildman–Crippen MR) is 78.0 cm³/mol. The Morgan fingerprint density at radius 1 is 1.50 bits per heavy atom. The van der Waals surface area contributed by atoms with E-state index < -0.39 is 0 Å². The first-order valence-corrected chi connectivity index (χ1v) is 7.32. The number of nitrogens with two attached hydrogens (primary N) is 1. The molecule has 1 fully saturated rings. The molecule has 0 bridgehead atoms. The van der Waals surface area contributed by atoms with Gasteiger partial charge in [0.2, 0.25) is 0 Å². The van der Waals surface area contributed by atoms with Crippen LogP contribution < -0.4 is 16.4 Å². The first-order chi connectivity index (χ1) is 8.63. The second kappa shape index (κ2) is 5.52. The SMILES string of the molecule is CSC1(CNC(=O)Nc2cccc(N)c2)CCC1. The zero-order chi connectivity index (χ0) is 13.0. The first kappa shape index (κ1) is 13.1. The van der Waals surface area contributed by atoms with Crippen LogP contribution in [0.15, 0.2) is 24.3 Å². The van der Waals surface area contributed by atoms with Crippen molar-refractivity contribution in [2.75, 3.05) is 23.9 Å². The smallest absolute Gasteiger partial charge is 0.319 e. The summed E-state index contributed by atoms with van der Waals surface area (Å²) in [7, 11) is 0. The van der Waals surface area contributed by atoms with Gasteiger partial charge in [0, 0.05) is 22.7 Å². The number of thioether (sulfide) groups is 1. The van der Waals surface area contributed by atoms with Crippen LogP contribution in [0.25, 0.3) is 0 Å². The normalized spacial score (nSPS) is 16.7. The summed E-state index contributed by atoms with van der Waals surface area (Å²) in [5.41, 5.74) is 7.02. The molecule has 98 valence electrons. The minimum atomic E-state index is -0.166. The fraction of sp³-hybridized carbons (Fsp3) is 0.462. The van der Waals surface area contributed by atoms with Gasteiger partial charge in [0.1, 0.15) is 0 Å². The lowest BCUT2D eigenvalue weighted by atomic mass is 9.84. The van der Waals surface area contributed by atoms with E-state index in [9.17, 15) is 4.79 Å². The van der Waals surface area contributed by atoms with Crippen molar-refractivity contribution in [3.8, 4) is 0 Å². The molecule has 1 aliphatic carbocycles. The topological polar surface area (TPSA) is 67.2 Å². The van der Waals surface area contributed by atoms with E-state index in [0.29, 0.717) is 5.69 Å². The molecule has 4 nitrogen and oxygen atoms in total. The van der Waals surface area contributed by atoms with Crippen molar-refractivity contribution in [3.05, 3.63) is 24.3 Å². The van der Waals surface area contributed by atoms with Crippen molar-refractivity contribution in [1.29, 1.82) is 0 Å². The number of amides is 2. The summed E-state index contributed by atoms with van der Waals surface area (Å²) in [5.74, 6) is 0. The van der Waals surface area contributed by atoms with Crippen LogP contribution >= 0.6 is 11.8 Å². The molecule has 4 N–H and O–H groups in total. The van der Waals surface area contributed by atoms with Crippen molar-refractivity contribution in [2.24, 2.45) is 0 Å². The summed E-state index contributed by atoms with van der Waals surface area (Å²) < 4.78 is 0.257. The van der Waals surface area contributed by atoms with Crippen LogP contribution in [0.1, 0.15) is 19.3 Å². The van der Waals surface area contributed by atoms with Crippen molar-refractivity contribution >= 4 is 29.2 Å². The van der Waals surface area contributed by atoms with Crippen molar-refractivity contribution in [3.63, 3.8) is 0 Å². The Labute approximate surface area is 112 Å². The third kappa shape index (κ3) is 3.10. The number of carbonyl (C=O) groups is 1. The highest BCUT2D eigenvalue weighted by atomic mass is 32.2. The van der Waals surface area contributed by atoms with E-state index in [2.05, 4.69) is 16.9 Å². The van der Waals surface area contributed by atoms with Crippen LogP contribution in [0.5, 0.6) is 0 Å². The van der Waals surface area contributed by atoms with Crippen LogP contribution in [0, 0.1) is 0 Å². The standard InChI is InChI=1S/C13H19N3OS/c1-18-13(6-3-7-13)9-15-12(17)16-11-5-2-4-10(14)8-11/h2,4-5,8H,3,6-7,9,14H2,1H3,(H2,15,16,17). The van der Waals surface area contributed by atoms with Gasteiger partial charge in [-0.15, -0.1) is 0 Å². The maximum atomic E-state index is 11.8. The Balaban J connectivity index is 1.82. The molecule has 0 unspecified atom stereocenters. The number of rotatable bonds is 4. The van der Waals surface area contributed by atoms with E-state index in [1.165, 1.54) is 19.3 Å². The summed E-state index contributed by atoms with van der Waals surface area (Å²) in [5, 5.41) is 5.72. The van der Waals surface area contributed by atoms with Gasteiger partial charge in [-0.3, -0.25) is 0 Å². The lowest BCUT2D eigenvalue weighted by molar-refractivity contribution is 0.247. The number of carbonyl (C=O) groups excluding carboxylic acids is 1. The van der Waals surface area contributed by atoms with Crippen LogP contribution in [-0.4, -0.2) is 23.6 Å². The van der Waals surface area contributed by atoms with E-state index in [-0.39, 0.29) is 10.8 Å². The van der Waals surface area contributed by atoms with E-state index in [1.807, 2.05) is 23.9 Å². The molecule has 0 saturated heterocycles. The van der Waals surface area contributed by atoms with Gasteiger partial charge in [0.05, 0.1) is 0 Å². The van der Waals surface area contributed by atoms with Crippen LogP contribution in [0.2, 0.25) is 0 Å². The molecular weight excluding hydrogens is 246 g/mol. The predicted octanol–water partition coefficient (Wildman–Crippen LogP) is 2.68. The highest BCUT2D eigenvalue weighted by Gasteiger charge is 2.36. The van der Waals surface area contributed by atoms with Crippen molar-refractivity contribution in [2.45, 2.75) is 24.0 Å². The third-order valence-corrected chi connectivity index (χ3v) is 4.83. The van der Waals surface area contributed by atoms with E-state index in [0.717, 1.165) is 12.2 Å². The lowest BCUT2D eigenvalue weighted by Crippen LogP contribution is -2.46. The average molecular weight is 265 g/mol. The number of urea groups is 1. The molecule has 0 spiro atoms. The summed E-state index contributed by atoms with van der Waals surface area (Å²) in [4.78, 5) is 11.8. The maximum absolute atomic E-state index is 11.8. The quantitative estimate of drug-likeness (QED) is 0.733. The lowest BCUT2D eigenvalue weighted by Gasteiger charge is -2.40. The highest BCUT2D eigenvalue weighted by Crippen LogP contribution is 2.42. The molecule has 18 heavy (non-hydrogen) atoms. The monoisotopic (exact) mass is 265 g/mol. The molecule has 0 heterocycles. The molecule has 1 aromatic carbocycles. The number of benzene rings is 1. The Morgan fingerprint density at radius 2 is 2.28 bits per heavy atom. The van der Waals surface area contributed by atoms with Crippen LogP contribution in [0.4, 0.5) is 16.2 Å². The summed E-state index contributed by atoms with van der Waals surface area (Å²) >= 11 is 1.85. The highest BCUT2D eigenvalue weighted by molar-refractivity contribution is 8.00. The van der Waals surface area contributed by atoms with Gasteiger partial charge in [-0.25, -0.2) is 4.79 Å². The van der Waals surface area contributed by atoms with E-state index in [1.54, 1.807) is 12.1 Å². The van der Waals surface area contributed by atoms with Crippen molar-refractivity contribution < 1.29 is 4.79 Å². The van der Waals surface area contributed by atoms with Gasteiger partial charge in [-0.05, 0) is 37.3 Å². The molecule has 2 rings (SSSR count).